The fraction of sp³-hybridized carbons (Fsp3) is 0.0714. The zero-order valence-corrected chi connectivity index (χ0v) is 11.0. The molecule has 0 saturated heterocycles. The van der Waals surface area contributed by atoms with E-state index in [9.17, 15) is 9.00 Å². The van der Waals surface area contributed by atoms with Gasteiger partial charge in [0.05, 0.1) is 15.7 Å². The highest BCUT2D eigenvalue weighted by Crippen LogP contribution is 2.15. The SMILES string of the molecule is Nc1ccccc1S(=O)CC(=O)Nc1ccccc1. The molecule has 0 fully saturated rings. The fourth-order valence-electron chi connectivity index (χ4n) is 1.60. The Morgan fingerprint density at radius 3 is 2.37 bits per heavy atom. The van der Waals surface area contributed by atoms with Gasteiger partial charge in [-0.05, 0) is 24.3 Å². The second kappa shape index (κ2) is 6.15. The van der Waals surface area contributed by atoms with Crippen molar-refractivity contribution < 1.29 is 9.00 Å². The molecule has 1 atom stereocenters. The fourth-order valence-corrected chi connectivity index (χ4v) is 2.63. The maximum atomic E-state index is 12.0. The standard InChI is InChI=1S/C14H14N2O2S/c15-12-8-4-5-9-13(12)19(18)10-14(17)16-11-6-2-1-3-7-11/h1-9H,10,15H2,(H,16,17). The van der Waals surface area contributed by atoms with Crippen molar-refractivity contribution in [2.45, 2.75) is 4.90 Å². The summed E-state index contributed by atoms with van der Waals surface area (Å²) >= 11 is 0. The van der Waals surface area contributed by atoms with Gasteiger partial charge in [-0.2, -0.15) is 0 Å². The Bertz CT molecular complexity index is 599. The lowest BCUT2D eigenvalue weighted by molar-refractivity contribution is -0.113. The van der Waals surface area contributed by atoms with E-state index < -0.39 is 10.8 Å². The summed E-state index contributed by atoms with van der Waals surface area (Å²) in [4.78, 5) is 12.3. The van der Waals surface area contributed by atoms with Gasteiger partial charge in [0, 0.05) is 11.4 Å². The molecule has 0 aliphatic rings. The average molecular weight is 274 g/mol. The summed E-state index contributed by atoms with van der Waals surface area (Å²) in [6.07, 6.45) is 0. The first-order valence-corrected chi connectivity index (χ1v) is 7.06. The van der Waals surface area contributed by atoms with Crippen LogP contribution in [-0.4, -0.2) is 15.9 Å². The van der Waals surface area contributed by atoms with E-state index in [4.69, 9.17) is 5.73 Å². The molecule has 1 amide bonds. The van der Waals surface area contributed by atoms with Crippen molar-refractivity contribution in [2.75, 3.05) is 16.8 Å². The highest BCUT2D eigenvalue weighted by atomic mass is 32.2. The topological polar surface area (TPSA) is 72.2 Å². The molecular weight excluding hydrogens is 260 g/mol. The molecule has 0 saturated carbocycles. The van der Waals surface area contributed by atoms with E-state index in [1.54, 1.807) is 36.4 Å². The summed E-state index contributed by atoms with van der Waals surface area (Å²) in [6.45, 7) is 0. The lowest BCUT2D eigenvalue weighted by atomic mass is 10.3. The molecule has 19 heavy (non-hydrogen) atoms. The van der Waals surface area contributed by atoms with Gasteiger partial charge in [0.25, 0.3) is 0 Å². The Labute approximate surface area is 114 Å². The third kappa shape index (κ3) is 3.66. The number of rotatable bonds is 4. The van der Waals surface area contributed by atoms with E-state index in [0.29, 0.717) is 16.3 Å². The molecule has 0 spiro atoms. The van der Waals surface area contributed by atoms with Crippen LogP contribution < -0.4 is 11.1 Å². The van der Waals surface area contributed by atoms with Gasteiger partial charge in [-0.1, -0.05) is 30.3 Å². The largest absolute Gasteiger partial charge is 0.398 e. The number of nitrogens with two attached hydrogens (primary N) is 1. The molecule has 2 aromatic carbocycles. The number of nitrogens with one attached hydrogen (secondary N) is 1. The number of benzene rings is 2. The van der Waals surface area contributed by atoms with Gasteiger partial charge < -0.3 is 11.1 Å². The van der Waals surface area contributed by atoms with Crippen LogP contribution in [0.15, 0.2) is 59.5 Å². The number of anilines is 2. The lowest BCUT2D eigenvalue weighted by Gasteiger charge is -2.06. The van der Waals surface area contributed by atoms with E-state index in [0.717, 1.165) is 0 Å². The van der Waals surface area contributed by atoms with Crippen LogP contribution in [-0.2, 0) is 15.6 Å². The predicted molar refractivity (Wildman–Crippen MR) is 77.2 cm³/mol. The van der Waals surface area contributed by atoms with Crippen LogP contribution in [0.25, 0.3) is 0 Å². The van der Waals surface area contributed by atoms with Crippen LogP contribution in [0.1, 0.15) is 0 Å². The molecule has 98 valence electrons. The van der Waals surface area contributed by atoms with Gasteiger partial charge in [0.2, 0.25) is 5.91 Å². The smallest absolute Gasteiger partial charge is 0.237 e. The molecule has 0 heterocycles. The van der Waals surface area contributed by atoms with Gasteiger partial charge in [0.1, 0.15) is 5.75 Å². The van der Waals surface area contributed by atoms with Crippen LogP contribution in [0.4, 0.5) is 11.4 Å². The Kier molecular flexibility index (Phi) is 4.30. The number of hydrogen-bond donors (Lipinski definition) is 2. The van der Waals surface area contributed by atoms with Crippen LogP contribution in [0.3, 0.4) is 0 Å². The number of amides is 1. The van der Waals surface area contributed by atoms with Crippen LogP contribution in [0.2, 0.25) is 0 Å². The normalized spacial score (nSPS) is 11.8. The van der Waals surface area contributed by atoms with E-state index in [-0.39, 0.29) is 11.7 Å². The molecule has 0 aliphatic heterocycles. The lowest BCUT2D eigenvalue weighted by Crippen LogP contribution is -2.19. The first kappa shape index (κ1) is 13.3. The average Bonchev–Trinajstić information content (AvgIpc) is 2.40. The summed E-state index contributed by atoms with van der Waals surface area (Å²) in [7, 11) is -1.44. The number of para-hydroxylation sites is 2. The van der Waals surface area contributed by atoms with Gasteiger partial charge in [0.15, 0.2) is 0 Å². The molecule has 0 aliphatic carbocycles. The van der Waals surface area contributed by atoms with E-state index in [2.05, 4.69) is 5.32 Å². The van der Waals surface area contributed by atoms with E-state index in [1.807, 2.05) is 18.2 Å². The third-order valence-corrected chi connectivity index (χ3v) is 3.87. The van der Waals surface area contributed by atoms with Crippen LogP contribution >= 0.6 is 0 Å². The van der Waals surface area contributed by atoms with Gasteiger partial charge in [-0.25, -0.2) is 0 Å². The summed E-state index contributed by atoms with van der Waals surface area (Å²) in [5.41, 5.74) is 6.85. The molecule has 1 unspecified atom stereocenters. The molecule has 2 rings (SSSR count). The van der Waals surface area contributed by atoms with Crippen molar-refractivity contribution in [1.29, 1.82) is 0 Å². The second-order valence-corrected chi connectivity index (χ2v) is 5.36. The quantitative estimate of drug-likeness (QED) is 0.838. The minimum absolute atomic E-state index is 0.108. The number of hydrogen-bond acceptors (Lipinski definition) is 3. The van der Waals surface area contributed by atoms with Gasteiger partial charge in [-0.15, -0.1) is 0 Å². The third-order valence-electron chi connectivity index (χ3n) is 2.48. The highest BCUT2D eigenvalue weighted by Gasteiger charge is 2.12. The maximum absolute atomic E-state index is 12.0. The molecule has 2 aromatic rings. The number of carbonyl (C=O) groups excluding carboxylic acids is 1. The first-order chi connectivity index (χ1) is 9.16. The monoisotopic (exact) mass is 274 g/mol. The Morgan fingerprint density at radius 1 is 1.05 bits per heavy atom. The zero-order valence-electron chi connectivity index (χ0n) is 10.2. The Balaban J connectivity index is 2.00. The Morgan fingerprint density at radius 2 is 1.68 bits per heavy atom. The van der Waals surface area contributed by atoms with Gasteiger partial charge >= 0.3 is 0 Å². The van der Waals surface area contributed by atoms with Crippen LogP contribution in [0, 0.1) is 0 Å². The van der Waals surface area contributed by atoms with Crippen LogP contribution in [0.5, 0.6) is 0 Å². The van der Waals surface area contributed by atoms with Crippen molar-refractivity contribution in [2.24, 2.45) is 0 Å². The number of carbonyl (C=O) groups is 1. The summed E-state index contributed by atoms with van der Waals surface area (Å²) < 4.78 is 12.0. The van der Waals surface area contributed by atoms with Crippen molar-refractivity contribution in [3.63, 3.8) is 0 Å². The van der Waals surface area contributed by atoms with Crippen molar-refractivity contribution in [3.8, 4) is 0 Å². The molecule has 5 heteroatoms. The zero-order chi connectivity index (χ0) is 13.7. The molecule has 0 radical (unpaired) electrons. The van der Waals surface area contributed by atoms with Crippen molar-refractivity contribution in [1.82, 2.24) is 0 Å². The number of nitrogen functional groups attached to an aromatic ring is 1. The first-order valence-electron chi connectivity index (χ1n) is 5.74. The van der Waals surface area contributed by atoms with Crippen molar-refractivity contribution in [3.05, 3.63) is 54.6 Å². The van der Waals surface area contributed by atoms with E-state index >= 15 is 0 Å². The van der Waals surface area contributed by atoms with Crippen molar-refractivity contribution >= 4 is 28.1 Å². The minimum Gasteiger partial charge on any atom is -0.398 e. The molecule has 0 aromatic heterocycles. The minimum atomic E-state index is -1.44. The summed E-state index contributed by atoms with van der Waals surface area (Å²) in [6, 6.07) is 15.9. The van der Waals surface area contributed by atoms with Gasteiger partial charge in [-0.3, -0.25) is 9.00 Å². The summed E-state index contributed by atoms with van der Waals surface area (Å²) in [5, 5.41) is 2.69. The molecule has 0 bridgehead atoms. The molecule has 3 N–H and O–H groups in total. The molecule has 4 nitrogen and oxygen atoms in total. The maximum Gasteiger partial charge on any atom is 0.237 e. The second-order valence-electron chi connectivity index (χ2n) is 3.94. The summed E-state index contributed by atoms with van der Waals surface area (Å²) in [5.74, 6) is -0.406. The van der Waals surface area contributed by atoms with E-state index in [1.165, 1.54) is 0 Å². The predicted octanol–water partition coefficient (Wildman–Crippen LogP) is 2.02. The molecular formula is C14H14N2O2S. The highest BCUT2D eigenvalue weighted by molar-refractivity contribution is 7.86. The Hall–Kier alpha value is -2.14.